The van der Waals surface area contributed by atoms with Gasteiger partial charge in [0.15, 0.2) is 0 Å². The minimum absolute atomic E-state index is 0.246. The smallest absolute Gasteiger partial charge is 0.410 e. The molecule has 1 N–H and O–H groups in total. The summed E-state index contributed by atoms with van der Waals surface area (Å²) in [5.74, 6) is 0.0370. The molecule has 0 spiro atoms. The second-order valence-corrected chi connectivity index (χ2v) is 12.8. The van der Waals surface area contributed by atoms with Crippen LogP contribution in [-0.4, -0.2) is 51.7 Å². The maximum atomic E-state index is 15.1. The van der Waals surface area contributed by atoms with Crippen LogP contribution in [0, 0.1) is 11.7 Å². The van der Waals surface area contributed by atoms with E-state index in [1.807, 2.05) is 52.5 Å². The number of benzene rings is 1. The van der Waals surface area contributed by atoms with Crippen molar-refractivity contribution in [3.8, 4) is 0 Å². The van der Waals surface area contributed by atoms with E-state index in [4.69, 9.17) is 4.74 Å². The molecule has 0 aliphatic carbocycles. The van der Waals surface area contributed by atoms with Gasteiger partial charge in [-0.05, 0) is 65.5 Å². The average Bonchev–Trinajstić information content (AvgIpc) is 2.65. The Hall–Kier alpha value is -1.67. The summed E-state index contributed by atoms with van der Waals surface area (Å²) in [4.78, 5) is 16.1. The fraction of sp³-hybridized carbons (Fsp3) is 0.708. The van der Waals surface area contributed by atoms with Crippen molar-refractivity contribution in [1.29, 1.82) is 0 Å². The lowest BCUT2D eigenvalue weighted by atomic mass is 9.95. The Morgan fingerprint density at radius 3 is 2.22 bits per heavy atom. The molecule has 0 bridgehead atoms. The van der Waals surface area contributed by atoms with E-state index in [9.17, 15) is 9.00 Å². The predicted molar refractivity (Wildman–Crippen MR) is 130 cm³/mol. The number of carbonyl (C=O) groups is 1. The first-order chi connectivity index (χ1) is 14.7. The third-order valence-electron chi connectivity index (χ3n) is 5.15. The molecule has 0 aromatic heterocycles. The fourth-order valence-electron chi connectivity index (χ4n) is 3.60. The molecule has 1 aromatic rings. The Bertz CT molecular complexity index is 810. The van der Waals surface area contributed by atoms with Gasteiger partial charge in [0.1, 0.15) is 11.4 Å². The number of carbonyl (C=O) groups excluding carboxylic acids is 1. The molecule has 1 saturated heterocycles. The van der Waals surface area contributed by atoms with Crippen LogP contribution in [-0.2, 0) is 15.7 Å². The molecular formula is C24H40FN3O3S. The molecule has 1 aromatic carbocycles. The molecule has 8 heteroatoms. The molecule has 2 atom stereocenters. The quantitative estimate of drug-likeness (QED) is 0.635. The average molecular weight is 470 g/mol. The zero-order valence-electron chi connectivity index (χ0n) is 20.8. The maximum absolute atomic E-state index is 15.1. The summed E-state index contributed by atoms with van der Waals surface area (Å²) in [5, 5.41) is 0. The lowest BCUT2D eigenvalue weighted by Crippen LogP contribution is -2.50. The molecule has 1 fully saturated rings. The first-order valence-corrected chi connectivity index (χ1v) is 12.5. The van der Waals surface area contributed by atoms with Gasteiger partial charge in [-0.1, -0.05) is 26.0 Å². The maximum Gasteiger partial charge on any atom is 0.410 e. The van der Waals surface area contributed by atoms with Gasteiger partial charge in [0.2, 0.25) is 0 Å². The summed E-state index contributed by atoms with van der Waals surface area (Å²) in [7, 11) is -1.29. The molecule has 0 saturated carbocycles. The van der Waals surface area contributed by atoms with Crippen molar-refractivity contribution in [3.63, 3.8) is 0 Å². The number of hydrogen-bond acceptors (Lipinski definition) is 4. The van der Waals surface area contributed by atoms with Crippen LogP contribution in [0.4, 0.5) is 14.9 Å². The third-order valence-corrected chi connectivity index (χ3v) is 6.76. The Balaban J connectivity index is 2.26. The van der Waals surface area contributed by atoms with Crippen molar-refractivity contribution in [1.82, 2.24) is 9.62 Å². The predicted octanol–water partition coefficient (Wildman–Crippen LogP) is 5.02. The van der Waals surface area contributed by atoms with Crippen molar-refractivity contribution < 1.29 is 18.1 Å². The van der Waals surface area contributed by atoms with Crippen molar-refractivity contribution in [2.24, 2.45) is 5.92 Å². The summed E-state index contributed by atoms with van der Waals surface area (Å²) < 4.78 is 36.3. The van der Waals surface area contributed by atoms with Crippen LogP contribution in [0.15, 0.2) is 18.2 Å². The van der Waals surface area contributed by atoms with E-state index in [0.29, 0.717) is 37.8 Å². The number of nitrogens with zero attached hydrogens (tertiary/aromatic N) is 2. The summed E-state index contributed by atoms with van der Waals surface area (Å²) in [6.45, 7) is 17.4. The topological polar surface area (TPSA) is 61.9 Å². The van der Waals surface area contributed by atoms with Crippen LogP contribution in [0.3, 0.4) is 0 Å². The highest BCUT2D eigenvalue weighted by Crippen LogP contribution is 2.34. The lowest BCUT2D eigenvalue weighted by Gasteiger charge is -2.38. The number of hydrogen-bond donors (Lipinski definition) is 1. The van der Waals surface area contributed by atoms with E-state index in [-0.39, 0.29) is 18.0 Å². The lowest BCUT2D eigenvalue weighted by molar-refractivity contribution is 0.0240. The minimum Gasteiger partial charge on any atom is -0.444 e. The molecule has 6 nitrogen and oxygen atoms in total. The van der Waals surface area contributed by atoms with Crippen molar-refractivity contribution in [3.05, 3.63) is 29.6 Å². The highest BCUT2D eigenvalue weighted by molar-refractivity contribution is 7.84. The van der Waals surface area contributed by atoms with E-state index in [1.165, 1.54) is 6.07 Å². The van der Waals surface area contributed by atoms with Crippen molar-refractivity contribution in [2.45, 2.75) is 78.2 Å². The van der Waals surface area contributed by atoms with E-state index in [2.05, 4.69) is 18.6 Å². The number of para-hydroxylation sites is 1. The first kappa shape index (κ1) is 26.6. The van der Waals surface area contributed by atoms with E-state index in [0.717, 1.165) is 12.0 Å². The van der Waals surface area contributed by atoms with Gasteiger partial charge in [-0.2, -0.15) is 0 Å². The van der Waals surface area contributed by atoms with Crippen LogP contribution >= 0.6 is 0 Å². The molecule has 32 heavy (non-hydrogen) atoms. The summed E-state index contributed by atoms with van der Waals surface area (Å²) in [5.41, 5.74) is 0.785. The van der Waals surface area contributed by atoms with Gasteiger partial charge in [-0.15, -0.1) is 0 Å². The number of ether oxygens (including phenoxy) is 1. The van der Waals surface area contributed by atoms with Gasteiger partial charge in [-0.3, -0.25) is 0 Å². The number of amides is 1. The van der Waals surface area contributed by atoms with E-state index < -0.39 is 21.3 Å². The standard InChI is InChI=1S/C24H40FN3O3S/c1-17(2)16-20(26-32(30)24(6,7)8)18-10-9-11-19(25)21(18)27-12-14-28(15-13-27)22(29)31-23(3,4)5/h9-11,17,20,26H,12-16H2,1-8H3/t20-,32+/m0/s1. The molecule has 182 valence electrons. The fourth-order valence-corrected chi connectivity index (χ4v) is 4.44. The van der Waals surface area contributed by atoms with Crippen LogP contribution in [0.2, 0.25) is 0 Å². The Morgan fingerprint density at radius 1 is 1.12 bits per heavy atom. The molecule has 2 rings (SSSR count). The van der Waals surface area contributed by atoms with Crippen LogP contribution in [0.5, 0.6) is 0 Å². The Morgan fingerprint density at radius 2 is 1.72 bits per heavy atom. The summed E-state index contributed by atoms with van der Waals surface area (Å²) in [6, 6.07) is 4.84. The van der Waals surface area contributed by atoms with Gasteiger partial charge < -0.3 is 14.5 Å². The number of halogens is 1. The third kappa shape index (κ3) is 7.44. The normalized spacial score (nSPS) is 17.4. The molecule has 1 aliphatic heterocycles. The second kappa shape index (κ2) is 10.5. The Kier molecular flexibility index (Phi) is 8.73. The Labute approximate surface area is 195 Å². The molecule has 0 unspecified atom stereocenters. The molecule has 1 aliphatic rings. The molecular weight excluding hydrogens is 429 g/mol. The summed E-state index contributed by atoms with van der Waals surface area (Å²) >= 11 is 0. The number of anilines is 1. The minimum atomic E-state index is -1.29. The zero-order valence-corrected chi connectivity index (χ0v) is 21.6. The summed E-state index contributed by atoms with van der Waals surface area (Å²) in [6.07, 6.45) is 0.390. The zero-order chi connectivity index (χ0) is 24.3. The number of rotatable bonds is 6. The molecule has 1 heterocycles. The first-order valence-electron chi connectivity index (χ1n) is 11.4. The second-order valence-electron chi connectivity index (χ2n) is 10.8. The highest BCUT2D eigenvalue weighted by Gasteiger charge is 2.31. The molecule has 1 amide bonds. The van der Waals surface area contributed by atoms with E-state index >= 15 is 4.39 Å². The highest BCUT2D eigenvalue weighted by atomic mass is 32.2. The van der Waals surface area contributed by atoms with Gasteiger partial charge in [0.25, 0.3) is 0 Å². The van der Waals surface area contributed by atoms with E-state index in [1.54, 1.807) is 11.0 Å². The number of piperazine rings is 1. The van der Waals surface area contributed by atoms with Gasteiger partial charge in [0, 0.05) is 32.2 Å². The van der Waals surface area contributed by atoms with Gasteiger partial charge in [0.05, 0.1) is 21.4 Å². The number of nitrogens with one attached hydrogen (secondary N) is 1. The van der Waals surface area contributed by atoms with Crippen LogP contribution in [0.25, 0.3) is 0 Å². The van der Waals surface area contributed by atoms with Crippen LogP contribution in [0.1, 0.15) is 73.4 Å². The van der Waals surface area contributed by atoms with Crippen LogP contribution < -0.4 is 9.62 Å². The van der Waals surface area contributed by atoms with Crippen molar-refractivity contribution in [2.75, 3.05) is 31.1 Å². The van der Waals surface area contributed by atoms with Gasteiger partial charge >= 0.3 is 6.09 Å². The van der Waals surface area contributed by atoms with Crippen molar-refractivity contribution >= 4 is 22.8 Å². The largest absolute Gasteiger partial charge is 0.444 e. The van der Waals surface area contributed by atoms with Gasteiger partial charge in [-0.25, -0.2) is 18.1 Å². The molecule has 0 radical (unpaired) electrons. The monoisotopic (exact) mass is 469 g/mol. The SMILES string of the molecule is CC(C)C[C@H](N[S@](=O)C(C)(C)C)c1cccc(F)c1N1CCN(C(=O)OC(C)(C)C)CC1.